The summed E-state index contributed by atoms with van der Waals surface area (Å²) in [5.41, 5.74) is 5.48. The number of nitrogens with zero attached hydrogens (tertiary/aromatic N) is 2. The molecule has 1 aliphatic carbocycles. The lowest BCUT2D eigenvalue weighted by Crippen LogP contribution is -2.01. The first-order valence-electron chi connectivity index (χ1n) is 4.36. The predicted molar refractivity (Wildman–Crippen MR) is 50.1 cm³/mol. The summed E-state index contributed by atoms with van der Waals surface area (Å²) < 4.78 is 4.00. The Morgan fingerprint density at radius 3 is 2.83 bits per heavy atom. The smallest absolute Gasteiger partial charge is 0.232 e. The SMILES string of the molecule is CC1CCCC1c1nc(N)ns1. The third-order valence-corrected chi connectivity index (χ3v) is 3.50. The minimum absolute atomic E-state index is 0.439. The molecule has 0 aromatic carbocycles. The molecule has 0 bridgehead atoms. The van der Waals surface area contributed by atoms with Crippen LogP contribution in [0.3, 0.4) is 0 Å². The van der Waals surface area contributed by atoms with Gasteiger partial charge in [-0.2, -0.15) is 4.37 Å². The fraction of sp³-hybridized carbons (Fsp3) is 0.750. The van der Waals surface area contributed by atoms with E-state index in [1.165, 1.54) is 30.8 Å². The fourth-order valence-electron chi connectivity index (χ4n) is 1.91. The Morgan fingerprint density at radius 2 is 2.33 bits per heavy atom. The highest BCUT2D eigenvalue weighted by Gasteiger charge is 2.27. The van der Waals surface area contributed by atoms with Crippen molar-refractivity contribution in [1.82, 2.24) is 9.36 Å². The van der Waals surface area contributed by atoms with Crippen molar-refractivity contribution >= 4 is 17.5 Å². The maximum atomic E-state index is 5.48. The van der Waals surface area contributed by atoms with E-state index in [-0.39, 0.29) is 0 Å². The highest BCUT2D eigenvalue weighted by atomic mass is 32.1. The molecule has 0 aliphatic heterocycles. The van der Waals surface area contributed by atoms with Gasteiger partial charge in [0.1, 0.15) is 5.01 Å². The molecule has 1 fully saturated rings. The molecule has 12 heavy (non-hydrogen) atoms. The van der Waals surface area contributed by atoms with E-state index in [0.29, 0.717) is 11.9 Å². The van der Waals surface area contributed by atoms with E-state index in [0.717, 1.165) is 10.9 Å². The zero-order chi connectivity index (χ0) is 8.55. The largest absolute Gasteiger partial charge is 0.367 e. The van der Waals surface area contributed by atoms with Gasteiger partial charge in [0, 0.05) is 5.92 Å². The normalized spacial score (nSPS) is 29.4. The summed E-state index contributed by atoms with van der Waals surface area (Å²) in [6.45, 7) is 2.29. The molecule has 2 atom stereocenters. The minimum Gasteiger partial charge on any atom is -0.367 e. The van der Waals surface area contributed by atoms with Gasteiger partial charge in [-0.05, 0) is 23.9 Å². The van der Waals surface area contributed by atoms with Crippen LogP contribution in [-0.4, -0.2) is 9.36 Å². The molecular formula is C8H13N3S. The van der Waals surface area contributed by atoms with E-state index in [4.69, 9.17) is 5.73 Å². The summed E-state index contributed by atoms with van der Waals surface area (Å²) in [5, 5.41) is 1.14. The van der Waals surface area contributed by atoms with Gasteiger partial charge in [0.05, 0.1) is 0 Å². The number of nitrogens with two attached hydrogens (primary N) is 1. The van der Waals surface area contributed by atoms with E-state index in [2.05, 4.69) is 16.3 Å². The van der Waals surface area contributed by atoms with E-state index in [9.17, 15) is 0 Å². The quantitative estimate of drug-likeness (QED) is 0.724. The monoisotopic (exact) mass is 183 g/mol. The average Bonchev–Trinajstić information content (AvgIpc) is 2.58. The Hall–Kier alpha value is -0.640. The summed E-state index contributed by atoms with van der Waals surface area (Å²) in [6, 6.07) is 0. The second-order valence-corrected chi connectivity index (χ2v) is 4.29. The van der Waals surface area contributed by atoms with Gasteiger partial charge in [-0.15, -0.1) is 0 Å². The molecule has 2 unspecified atom stereocenters. The molecule has 66 valence electrons. The van der Waals surface area contributed by atoms with Crippen molar-refractivity contribution in [3.05, 3.63) is 5.01 Å². The number of nitrogen functional groups attached to an aromatic ring is 1. The van der Waals surface area contributed by atoms with Gasteiger partial charge in [0.25, 0.3) is 0 Å². The van der Waals surface area contributed by atoms with Crippen LogP contribution in [0.25, 0.3) is 0 Å². The van der Waals surface area contributed by atoms with Crippen LogP contribution in [0.1, 0.15) is 37.1 Å². The summed E-state index contributed by atoms with van der Waals surface area (Å²) >= 11 is 1.46. The summed E-state index contributed by atoms with van der Waals surface area (Å²) in [4.78, 5) is 4.23. The van der Waals surface area contributed by atoms with E-state index in [1.54, 1.807) is 0 Å². The lowest BCUT2D eigenvalue weighted by molar-refractivity contribution is 0.531. The van der Waals surface area contributed by atoms with E-state index < -0.39 is 0 Å². The van der Waals surface area contributed by atoms with Crippen molar-refractivity contribution in [3.63, 3.8) is 0 Å². The average molecular weight is 183 g/mol. The number of anilines is 1. The Morgan fingerprint density at radius 1 is 1.50 bits per heavy atom. The van der Waals surface area contributed by atoms with E-state index in [1.807, 2.05) is 0 Å². The van der Waals surface area contributed by atoms with Gasteiger partial charge >= 0.3 is 0 Å². The molecule has 0 saturated heterocycles. The minimum atomic E-state index is 0.439. The molecule has 1 aliphatic rings. The van der Waals surface area contributed by atoms with Gasteiger partial charge in [0.2, 0.25) is 5.95 Å². The summed E-state index contributed by atoms with van der Waals surface area (Å²) in [5.74, 6) is 1.83. The Bertz CT molecular complexity index is 271. The van der Waals surface area contributed by atoms with Gasteiger partial charge < -0.3 is 5.73 Å². The maximum absolute atomic E-state index is 5.48. The topological polar surface area (TPSA) is 51.8 Å². The van der Waals surface area contributed by atoms with Crippen LogP contribution in [0.5, 0.6) is 0 Å². The molecule has 0 radical (unpaired) electrons. The standard InChI is InChI=1S/C8H13N3S/c1-5-3-2-4-6(5)7-10-8(9)11-12-7/h5-6H,2-4H2,1H3,(H2,9,11). The summed E-state index contributed by atoms with van der Waals surface area (Å²) in [6.07, 6.45) is 3.91. The van der Waals surface area contributed by atoms with Crippen molar-refractivity contribution in [2.45, 2.75) is 32.1 Å². The van der Waals surface area contributed by atoms with Gasteiger partial charge in [-0.3, -0.25) is 0 Å². The van der Waals surface area contributed by atoms with Crippen molar-refractivity contribution in [2.75, 3.05) is 5.73 Å². The van der Waals surface area contributed by atoms with Gasteiger partial charge in [0.15, 0.2) is 0 Å². The molecular weight excluding hydrogens is 170 g/mol. The highest BCUT2D eigenvalue weighted by molar-refractivity contribution is 7.05. The molecule has 1 heterocycles. The molecule has 4 heteroatoms. The second-order valence-electron chi connectivity index (χ2n) is 3.51. The lowest BCUT2D eigenvalue weighted by atomic mass is 9.99. The lowest BCUT2D eigenvalue weighted by Gasteiger charge is -2.09. The molecule has 2 N–H and O–H groups in total. The molecule has 2 rings (SSSR count). The number of hydrogen-bond donors (Lipinski definition) is 1. The Kier molecular flexibility index (Phi) is 2.00. The van der Waals surface area contributed by atoms with Crippen LogP contribution in [0.15, 0.2) is 0 Å². The van der Waals surface area contributed by atoms with Crippen molar-refractivity contribution in [2.24, 2.45) is 5.92 Å². The maximum Gasteiger partial charge on any atom is 0.232 e. The Labute approximate surface area is 76.2 Å². The molecule has 1 aromatic heterocycles. The second kappa shape index (κ2) is 3.01. The van der Waals surface area contributed by atoms with Crippen LogP contribution in [-0.2, 0) is 0 Å². The van der Waals surface area contributed by atoms with Crippen LogP contribution in [0.2, 0.25) is 0 Å². The van der Waals surface area contributed by atoms with Crippen molar-refractivity contribution in [1.29, 1.82) is 0 Å². The van der Waals surface area contributed by atoms with Crippen LogP contribution in [0, 0.1) is 5.92 Å². The molecule has 1 saturated carbocycles. The van der Waals surface area contributed by atoms with Crippen molar-refractivity contribution in [3.8, 4) is 0 Å². The van der Waals surface area contributed by atoms with Crippen LogP contribution < -0.4 is 5.73 Å². The fourth-order valence-corrected chi connectivity index (χ4v) is 2.76. The van der Waals surface area contributed by atoms with Gasteiger partial charge in [-0.1, -0.05) is 19.8 Å². The third-order valence-electron chi connectivity index (χ3n) is 2.64. The van der Waals surface area contributed by atoms with Gasteiger partial charge in [-0.25, -0.2) is 4.98 Å². The van der Waals surface area contributed by atoms with E-state index >= 15 is 0 Å². The molecule has 3 nitrogen and oxygen atoms in total. The number of rotatable bonds is 1. The first-order chi connectivity index (χ1) is 5.77. The zero-order valence-electron chi connectivity index (χ0n) is 7.16. The van der Waals surface area contributed by atoms with Crippen LogP contribution >= 0.6 is 11.5 Å². The predicted octanol–water partition coefficient (Wildman–Crippen LogP) is 2.02. The Balaban J connectivity index is 2.19. The van der Waals surface area contributed by atoms with Crippen LogP contribution in [0.4, 0.5) is 5.95 Å². The number of hydrogen-bond acceptors (Lipinski definition) is 4. The zero-order valence-corrected chi connectivity index (χ0v) is 7.97. The van der Waals surface area contributed by atoms with Crippen molar-refractivity contribution < 1.29 is 0 Å². The molecule has 1 aromatic rings. The first kappa shape index (κ1) is 7.98. The third kappa shape index (κ3) is 1.31. The highest BCUT2D eigenvalue weighted by Crippen LogP contribution is 2.39. The summed E-state index contributed by atoms with van der Waals surface area (Å²) in [7, 11) is 0. The first-order valence-corrected chi connectivity index (χ1v) is 5.14. The molecule has 0 spiro atoms. The molecule has 0 amide bonds. The number of aromatic nitrogens is 2.